The van der Waals surface area contributed by atoms with E-state index in [9.17, 15) is 4.79 Å². The number of fused-ring (bicyclic) bond motifs is 1. The average molecular weight is 513 g/mol. The van der Waals surface area contributed by atoms with Crippen LogP contribution < -0.4 is 0 Å². The Labute approximate surface area is 179 Å². The Kier molecular flexibility index (Phi) is 6.28. The molecule has 1 aliphatic heterocycles. The van der Waals surface area contributed by atoms with Gasteiger partial charge in [0.2, 0.25) is 5.91 Å². The number of nitrogens with zero attached hydrogens (tertiary/aromatic N) is 5. The van der Waals surface area contributed by atoms with Gasteiger partial charge in [0, 0.05) is 17.5 Å². The largest absolute Gasteiger partial charge is 0.342 e. The van der Waals surface area contributed by atoms with E-state index in [0.717, 1.165) is 58.2 Å². The van der Waals surface area contributed by atoms with Gasteiger partial charge in [-0.1, -0.05) is 40.4 Å². The molecule has 6 nitrogen and oxygen atoms in total. The number of rotatable bonds is 6. The summed E-state index contributed by atoms with van der Waals surface area (Å²) < 4.78 is 2.73. The van der Waals surface area contributed by atoms with Crippen LogP contribution in [0.4, 0.5) is 0 Å². The molecule has 1 saturated heterocycles. The molecule has 0 N–H and O–H groups in total. The third-order valence-corrected chi connectivity index (χ3v) is 7.23. The molecule has 142 valence electrons. The summed E-state index contributed by atoms with van der Waals surface area (Å²) >= 11 is 5.52. The molecule has 0 saturated carbocycles. The molecule has 1 unspecified atom stereocenters. The lowest BCUT2D eigenvalue weighted by atomic mass is 10.1. The van der Waals surface area contributed by atoms with Crippen molar-refractivity contribution in [3.8, 4) is 10.7 Å². The van der Waals surface area contributed by atoms with Crippen molar-refractivity contribution in [3.05, 3.63) is 29.6 Å². The summed E-state index contributed by atoms with van der Waals surface area (Å²) in [6.07, 6.45) is 4.30. The number of thiophene rings is 1. The Morgan fingerprint density at radius 3 is 2.81 bits per heavy atom. The fourth-order valence-corrected chi connectivity index (χ4v) is 5.98. The molecule has 4 rings (SSSR count). The molecule has 0 spiro atoms. The lowest BCUT2D eigenvalue weighted by Gasteiger charge is -2.30. The van der Waals surface area contributed by atoms with Crippen molar-refractivity contribution in [2.24, 2.45) is 0 Å². The van der Waals surface area contributed by atoms with Crippen LogP contribution in [-0.4, -0.2) is 53.4 Å². The van der Waals surface area contributed by atoms with Gasteiger partial charge in [-0.3, -0.25) is 4.79 Å². The Bertz CT molecular complexity index is 908. The lowest BCUT2D eigenvalue weighted by Crippen LogP contribution is -2.41. The topological polar surface area (TPSA) is 63.4 Å². The summed E-state index contributed by atoms with van der Waals surface area (Å²) in [6.45, 7) is 1.77. The second kappa shape index (κ2) is 8.87. The number of aromatic nitrogens is 4. The first-order chi connectivity index (χ1) is 13.3. The van der Waals surface area contributed by atoms with Crippen LogP contribution in [0.15, 0.2) is 34.7 Å². The molecule has 0 radical (unpaired) electrons. The van der Waals surface area contributed by atoms with Crippen molar-refractivity contribution in [1.82, 2.24) is 24.7 Å². The second-order valence-corrected chi connectivity index (χ2v) is 9.66. The normalized spacial score (nSPS) is 16.0. The van der Waals surface area contributed by atoms with Gasteiger partial charge in [0.1, 0.15) is 5.03 Å². The monoisotopic (exact) mass is 513 g/mol. The maximum atomic E-state index is 13.0. The highest BCUT2D eigenvalue weighted by Crippen LogP contribution is 2.29. The fraction of sp³-hybridized carbons (Fsp3) is 0.444. The fourth-order valence-electron chi connectivity index (χ4n) is 3.19. The van der Waals surface area contributed by atoms with Gasteiger partial charge in [-0.05, 0) is 49.3 Å². The Balaban J connectivity index is 1.58. The van der Waals surface area contributed by atoms with Gasteiger partial charge >= 0.3 is 0 Å². The molecular formula is C18H20IN5OS2. The number of carbonyl (C=O) groups excluding carboxylic acids is 1. The van der Waals surface area contributed by atoms with Crippen molar-refractivity contribution in [3.63, 3.8) is 0 Å². The summed E-state index contributed by atoms with van der Waals surface area (Å²) in [4.78, 5) is 16.1. The number of piperidine rings is 1. The van der Waals surface area contributed by atoms with E-state index in [4.69, 9.17) is 5.10 Å². The van der Waals surface area contributed by atoms with Crippen molar-refractivity contribution in [1.29, 1.82) is 0 Å². The van der Waals surface area contributed by atoms with E-state index in [1.807, 2.05) is 34.5 Å². The number of hydrogen-bond acceptors (Lipinski definition) is 6. The highest BCUT2D eigenvalue weighted by Gasteiger charge is 2.26. The molecule has 0 bridgehead atoms. The zero-order valence-corrected chi connectivity index (χ0v) is 18.5. The molecular weight excluding hydrogens is 493 g/mol. The molecule has 3 aromatic rings. The molecule has 1 atom stereocenters. The van der Waals surface area contributed by atoms with E-state index in [1.165, 1.54) is 6.42 Å². The minimum atomic E-state index is -0.0911. The van der Waals surface area contributed by atoms with Crippen LogP contribution in [0.3, 0.4) is 0 Å². The van der Waals surface area contributed by atoms with Crippen LogP contribution in [0, 0.1) is 0 Å². The minimum Gasteiger partial charge on any atom is -0.342 e. The van der Waals surface area contributed by atoms with Gasteiger partial charge in [-0.15, -0.1) is 21.5 Å². The first kappa shape index (κ1) is 19.1. The number of amides is 1. The number of hydrogen-bond donors (Lipinski definition) is 0. The first-order valence-corrected chi connectivity index (χ1v) is 12.3. The van der Waals surface area contributed by atoms with Crippen LogP contribution in [0.2, 0.25) is 0 Å². The number of carbonyl (C=O) groups is 1. The highest BCUT2D eigenvalue weighted by atomic mass is 127. The number of alkyl halides is 1. The van der Waals surface area contributed by atoms with E-state index >= 15 is 0 Å². The Morgan fingerprint density at radius 1 is 1.22 bits per heavy atom. The summed E-state index contributed by atoms with van der Waals surface area (Å²) in [6, 6.07) is 7.87. The standard InChI is InChI=1S/C18H20IN5OS2/c19-9-8-14(18(25)23-10-2-1-3-11-23)27-16-7-6-15-20-21-17(24(15)22-16)13-5-4-12-26-13/h4-7,12,14H,1-3,8-11H2. The predicted octanol–water partition coefficient (Wildman–Crippen LogP) is 4.15. The van der Waals surface area contributed by atoms with Gasteiger partial charge in [-0.2, -0.15) is 9.61 Å². The summed E-state index contributed by atoms with van der Waals surface area (Å²) in [5, 5.41) is 16.0. The number of likely N-dealkylation sites (tertiary alicyclic amines) is 1. The number of halogens is 1. The summed E-state index contributed by atoms with van der Waals surface area (Å²) in [5.41, 5.74) is 0.718. The van der Waals surface area contributed by atoms with Crippen molar-refractivity contribution < 1.29 is 4.79 Å². The minimum absolute atomic E-state index is 0.0911. The van der Waals surface area contributed by atoms with Gasteiger partial charge in [-0.25, -0.2) is 0 Å². The van der Waals surface area contributed by atoms with Crippen molar-refractivity contribution in [2.75, 3.05) is 17.5 Å². The molecule has 1 amide bonds. The van der Waals surface area contributed by atoms with Gasteiger partial charge < -0.3 is 4.90 Å². The first-order valence-electron chi connectivity index (χ1n) is 9.04. The maximum Gasteiger partial charge on any atom is 0.236 e. The van der Waals surface area contributed by atoms with Crippen molar-refractivity contribution >= 4 is 57.2 Å². The molecule has 27 heavy (non-hydrogen) atoms. The van der Waals surface area contributed by atoms with E-state index in [0.29, 0.717) is 0 Å². The molecule has 4 heterocycles. The third-order valence-electron chi connectivity index (χ3n) is 4.56. The Morgan fingerprint density at radius 2 is 2.07 bits per heavy atom. The van der Waals surface area contributed by atoms with E-state index in [2.05, 4.69) is 32.8 Å². The zero-order chi connectivity index (χ0) is 18.6. The summed E-state index contributed by atoms with van der Waals surface area (Å²) in [5.74, 6) is 0.996. The van der Waals surface area contributed by atoms with Crippen LogP contribution in [0.1, 0.15) is 25.7 Å². The molecule has 1 fully saturated rings. The smallest absolute Gasteiger partial charge is 0.236 e. The van der Waals surface area contributed by atoms with E-state index in [-0.39, 0.29) is 11.2 Å². The second-order valence-electron chi connectivity index (χ2n) is 6.41. The SMILES string of the molecule is O=C(C(CCI)Sc1ccc2nnc(-c3cccs3)n2n1)N1CCCCC1. The van der Waals surface area contributed by atoms with Crippen LogP contribution in [0.5, 0.6) is 0 Å². The number of thioether (sulfide) groups is 1. The van der Waals surface area contributed by atoms with Crippen molar-refractivity contribution in [2.45, 2.75) is 36.0 Å². The predicted molar refractivity (Wildman–Crippen MR) is 118 cm³/mol. The van der Waals surface area contributed by atoms with Crippen LogP contribution in [0.25, 0.3) is 16.3 Å². The van der Waals surface area contributed by atoms with Gasteiger partial charge in [0.25, 0.3) is 0 Å². The van der Waals surface area contributed by atoms with E-state index in [1.54, 1.807) is 27.6 Å². The third kappa shape index (κ3) is 4.29. The van der Waals surface area contributed by atoms with Crippen LogP contribution in [-0.2, 0) is 4.79 Å². The molecule has 1 aliphatic rings. The molecule has 3 aromatic heterocycles. The molecule has 9 heteroatoms. The highest BCUT2D eigenvalue weighted by molar-refractivity contribution is 14.1. The molecule has 0 aliphatic carbocycles. The Hall–Kier alpha value is -1.20. The summed E-state index contributed by atoms with van der Waals surface area (Å²) in [7, 11) is 0. The average Bonchev–Trinajstić information content (AvgIpc) is 3.37. The van der Waals surface area contributed by atoms with Gasteiger partial charge in [0.05, 0.1) is 10.1 Å². The zero-order valence-electron chi connectivity index (χ0n) is 14.8. The molecule has 0 aromatic carbocycles. The van der Waals surface area contributed by atoms with Crippen LogP contribution >= 0.6 is 45.7 Å². The maximum absolute atomic E-state index is 13.0. The van der Waals surface area contributed by atoms with Gasteiger partial charge in [0.15, 0.2) is 11.5 Å². The quantitative estimate of drug-likeness (QED) is 0.282. The lowest BCUT2D eigenvalue weighted by molar-refractivity contribution is -0.131. The van der Waals surface area contributed by atoms with E-state index < -0.39 is 0 Å².